The molecule has 0 radical (unpaired) electrons. The minimum absolute atomic E-state index is 0.0362. The highest BCUT2D eigenvalue weighted by Gasteiger charge is 2.29. The number of carboxylic acids is 1. The van der Waals surface area contributed by atoms with Gasteiger partial charge in [-0.2, -0.15) is 0 Å². The van der Waals surface area contributed by atoms with Gasteiger partial charge < -0.3 is 20.1 Å². The van der Waals surface area contributed by atoms with E-state index in [9.17, 15) is 9.59 Å². The molecule has 0 saturated carbocycles. The normalized spacial score (nSPS) is 23.6. The van der Waals surface area contributed by atoms with Gasteiger partial charge in [-0.25, -0.2) is 4.79 Å². The molecule has 1 fully saturated rings. The van der Waals surface area contributed by atoms with Gasteiger partial charge in [0.05, 0.1) is 6.61 Å². The molecule has 6 nitrogen and oxygen atoms in total. The SMILES string of the molecule is CCOC(=O)NC1CC(CC(=O)O)CN(CC(C)C)C1. The van der Waals surface area contributed by atoms with Crippen molar-refractivity contribution in [3.8, 4) is 0 Å². The van der Waals surface area contributed by atoms with E-state index in [1.807, 2.05) is 0 Å². The lowest BCUT2D eigenvalue weighted by Gasteiger charge is -2.38. The zero-order valence-corrected chi connectivity index (χ0v) is 12.6. The van der Waals surface area contributed by atoms with Crippen LogP contribution in [0.15, 0.2) is 0 Å². The van der Waals surface area contributed by atoms with E-state index in [-0.39, 0.29) is 18.4 Å². The first-order valence-electron chi connectivity index (χ1n) is 7.28. The third-order valence-electron chi connectivity index (χ3n) is 3.30. The van der Waals surface area contributed by atoms with E-state index < -0.39 is 12.1 Å². The molecule has 1 heterocycles. The van der Waals surface area contributed by atoms with Crippen LogP contribution < -0.4 is 5.32 Å². The van der Waals surface area contributed by atoms with Gasteiger partial charge >= 0.3 is 12.1 Å². The van der Waals surface area contributed by atoms with Crippen LogP contribution in [0.25, 0.3) is 0 Å². The van der Waals surface area contributed by atoms with Crippen LogP contribution in [-0.2, 0) is 9.53 Å². The third kappa shape index (κ3) is 6.23. The Morgan fingerprint density at radius 2 is 2.10 bits per heavy atom. The first-order valence-corrected chi connectivity index (χ1v) is 7.28. The van der Waals surface area contributed by atoms with Crippen LogP contribution in [-0.4, -0.2) is 54.4 Å². The Morgan fingerprint density at radius 1 is 1.40 bits per heavy atom. The number of nitrogens with one attached hydrogen (secondary N) is 1. The molecule has 0 spiro atoms. The number of ether oxygens (including phenoxy) is 1. The van der Waals surface area contributed by atoms with Crippen LogP contribution in [0.5, 0.6) is 0 Å². The van der Waals surface area contributed by atoms with Gasteiger partial charge in [-0.15, -0.1) is 0 Å². The number of rotatable bonds is 6. The van der Waals surface area contributed by atoms with Crippen molar-refractivity contribution in [2.24, 2.45) is 11.8 Å². The predicted octanol–water partition coefficient (Wildman–Crippen LogP) is 1.55. The number of nitrogens with zero attached hydrogens (tertiary/aromatic N) is 1. The number of hydrogen-bond acceptors (Lipinski definition) is 4. The summed E-state index contributed by atoms with van der Waals surface area (Å²) in [6.45, 7) is 8.82. The van der Waals surface area contributed by atoms with Crippen LogP contribution in [0.3, 0.4) is 0 Å². The smallest absolute Gasteiger partial charge is 0.407 e. The molecule has 20 heavy (non-hydrogen) atoms. The molecule has 116 valence electrons. The van der Waals surface area contributed by atoms with Crippen LogP contribution in [0.4, 0.5) is 4.79 Å². The summed E-state index contributed by atoms with van der Waals surface area (Å²) in [5.74, 6) is -0.190. The molecule has 0 bridgehead atoms. The Morgan fingerprint density at radius 3 is 2.65 bits per heavy atom. The van der Waals surface area contributed by atoms with E-state index in [2.05, 4.69) is 24.1 Å². The number of hydrogen-bond donors (Lipinski definition) is 2. The predicted molar refractivity (Wildman–Crippen MR) is 75.6 cm³/mol. The molecule has 2 atom stereocenters. The Labute approximate surface area is 120 Å². The summed E-state index contributed by atoms with van der Waals surface area (Å²) in [4.78, 5) is 24.6. The summed E-state index contributed by atoms with van der Waals surface area (Å²) in [7, 11) is 0. The molecule has 6 heteroatoms. The average molecular weight is 286 g/mol. The summed E-state index contributed by atoms with van der Waals surface area (Å²) in [5.41, 5.74) is 0. The largest absolute Gasteiger partial charge is 0.481 e. The van der Waals surface area contributed by atoms with Crippen molar-refractivity contribution < 1.29 is 19.4 Å². The average Bonchev–Trinajstić information content (AvgIpc) is 2.26. The fourth-order valence-electron chi connectivity index (χ4n) is 2.81. The number of carbonyl (C=O) groups excluding carboxylic acids is 1. The zero-order valence-electron chi connectivity index (χ0n) is 12.6. The maximum Gasteiger partial charge on any atom is 0.407 e. The first kappa shape index (κ1) is 16.8. The van der Waals surface area contributed by atoms with Crippen molar-refractivity contribution in [3.63, 3.8) is 0 Å². The Kier molecular flexibility index (Phi) is 6.78. The number of carboxylic acid groups (broad SMARTS) is 1. The number of piperidine rings is 1. The minimum atomic E-state index is -0.781. The van der Waals surface area contributed by atoms with Crippen molar-refractivity contribution in [1.29, 1.82) is 0 Å². The highest BCUT2D eigenvalue weighted by atomic mass is 16.5. The molecule has 0 aromatic rings. The van der Waals surface area contributed by atoms with Gasteiger partial charge in [-0.1, -0.05) is 13.8 Å². The summed E-state index contributed by atoms with van der Waals surface area (Å²) in [5, 5.41) is 11.8. The van der Waals surface area contributed by atoms with Gasteiger partial charge in [-0.3, -0.25) is 4.79 Å². The maximum absolute atomic E-state index is 11.5. The number of aliphatic carboxylic acids is 1. The van der Waals surface area contributed by atoms with Gasteiger partial charge in [0.2, 0.25) is 0 Å². The molecule has 1 aliphatic heterocycles. The van der Waals surface area contributed by atoms with E-state index in [0.29, 0.717) is 18.9 Å². The number of alkyl carbamates (subject to hydrolysis) is 1. The second-order valence-corrected chi connectivity index (χ2v) is 5.87. The van der Waals surface area contributed by atoms with E-state index in [4.69, 9.17) is 9.84 Å². The lowest BCUT2D eigenvalue weighted by atomic mass is 9.91. The summed E-state index contributed by atoms with van der Waals surface area (Å²) in [6.07, 6.45) is 0.424. The van der Waals surface area contributed by atoms with E-state index in [1.54, 1.807) is 6.92 Å². The third-order valence-corrected chi connectivity index (χ3v) is 3.30. The van der Waals surface area contributed by atoms with Gasteiger partial charge in [0.15, 0.2) is 0 Å². The van der Waals surface area contributed by atoms with E-state index in [0.717, 1.165) is 19.6 Å². The molecular weight excluding hydrogens is 260 g/mol. The number of likely N-dealkylation sites (tertiary alicyclic amines) is 1. The Hall–Kier alpha value is -1.30. The molecule has 1 saturated heterocycles. The lowest BCUT2D eigenvalue weighted by Crippen LogP contribution is -2.52. The van der Waals surface area contributed by atoms with Gasteiger partial charge in [0, 0.05) is 32.1 Å². The molecule has 1 rings (SSSR count). The van der Waals surface area contributed by atoms with Gasteiger partial charge in [-0.05, 0) is 25.2 Å². The van der Waals surface area contributed by atoms with Crippen LogP contribution >= 0.6 is 0 Å². The fraction of sp³-hybridized carbons (Fsp3) is 0.857. The summed E-state index contributed by atoms with van der Waals surface area (Å²) < 4.78 is 4.89. The Balaban J connectivity index is 2.58. The van der Waals surface area contributed by atoms with Crippen molar-refractivity contribution >= 4 is 12.1 Å². The van der Waals surface area contributed by atoms with Gasteiger partial charge in [0.25, 0.3) is 0 Å². The van der Waals surface area contributed by atoms with Crippen molar-refractivity contribution in [1.82, 2.24) is 10.2 Å². The summed E-state index contributed by atoms with van der Waals surface area (Å²) in [6, 6.07) is -0.0362. The molecule has 2 N–H and O–H groups in total. The second kappa shape index (κ2) is 8.09. The van der Waals surface area contributed by atoms with Crippen LogP contribution in [0, 0.1) is 11.8 Å². The second-order valence-electron chi connectivity index (χ2n) is 5.87. The highest BCUT2D eigenvalue weighted by Crippen LogP contribution is 2.21. The highest BCUT2D eigenvalue weighted by molar-refractivity contribution is 5.68. The van der Waals surface area contributed by atoms with Crippen molar-refractivity contribution in [3.05, 3.63) is 0 Å². The fourth-order valence-corrected chi connectivity index (χ4v) is 2.81. The minimum Gasteiger partial charge on any atom is -0.481 e. The molecule has 1 amide bonds. The maximum atomic E-state index is 11.5. The Bertz CT molecular complexity index is 333. The summed E-state index contributed by atoms with van der Waals surface area (Å²) >= 11 is 0. The molecule has 2 unspecified atom stereocenters. The van der Waals surface area contributed by atoms with Crippen molar-refractivity contribution in [2.75, 3.05) is 26.2 Å². The standard InChI is InChI=1S/C14H26N2O4/c1-4-20-14(19)15-12-5-11(6-13(17)18)8-16(9-12)7-10(2)3/h10-12H,4-9H2,1-3H3,(H,15,19)(H,17,18). The van der Waals surface area contributed by atoms with E-state index in [1.165, 1.54) is 0 Å². The van der Waals surface area contributed by atoms with Crippen LogP contribution in [0.2, 0.25) is 0 Å². The zero-order chi connectivity index (χ0) is 15.1. The molecular formula is C14H26N2O4. The topological polar surface area (TPSA) is 78.9 Å². The van der Waals surface area contributed by atoms with E-state index >= 15 is 0 Å². The number of carbonyl (C=O) groups is 2. The van der Waals surface area contributed by atoms with Gasteiger partial charge in [0.1, 0.15) is 0 Å². The van der Waals surface area contributed by atoms with Crippen LogP contribution in [0.1, 0.15) is 33.6 Å². The first-order chi connectivity index (χ1) is 9.40. The molecule has 1 aliphatic rings. The monoisotopic (exact) mass is 286 g/mol. The molecule has 0 aromatic heterocycles. The molecule has 0 aliphatic carbocycles. The number of amides is 1. The van der Waals surface area contributed by atoms with Crippen molar-refractivity contribution in [2.45, 2.75) is 39.7 Å². The quantitative estimate of drug-likeness (QED) is 0.774. The lowest BCUT2D eigenvalue weighted by molar-refractivity contribution is -0.138. The molecule has 0 aromatic carbocycles.